The number of hydrogen-bond donors (Lipinski definition) is 3. The van der Waals surface area contributed by atoms with Crippen molar-refractivity contribution in [3.8, 4) is 0 Å². The summed E-state index contributed by atoms with van der Waals surface area (Å²) in [5.41, 5.74) is -2.64. The molecule has 4 atom stereocenters. The number of carbonyl (C=O) groups is 3. The van der Waals surface area contributed by atoms with Crippen LogP contribution in [0.5, 0.6) is 0 Å². The fourth-order valence-corrected chi connectivity index (χ4v) is 3.16. The number of aliphatic hydroxyl groups is 1. The van der Waals surface area contributed by atoms with E-state index < -0.39 is 36.4 Å². The van der Waals surface area contributed by atoms with Crippen molar-refractivity contribution >= 4 is 47.5 Å². The maximum atomic E-state index is 12.0. The van der Waals surface area contributed by atoms with Crippen molar-refractivity contribution < 1.29 is 34.4 Å². The predicted octanol–water partition coefficient (Wildman–Crippen LogP) is 1.02. The third kappa shape index (κ3) is 6.70. The summed E-state index contributed by atoms with van der Waals surface area (Å²) in [7, 11) is 0. The number of carbonyl (C=O) groups excluding carboxylic acids is 1. The second kappa shape index (κ2) is 9.75. The minimum atomic E-state index is -2.64. The van der Waals surface area contributed by atoms with E-state index in [-0.39, 0.29) is 41.6 Å². The zero-order valence-corrected chi connectivity index (χ0v) is 13.8. The molecule has 24 heavy (non-hydrogen) atoms. The minimum absolute atomic E-state index is 0. The van der Waals surface area contributed by atoms with Crippen LogP contribution >= 0.6 is 0 Å². The van der Waals surface area contributed by atoms with Crippen molar-refractivity contribution in [3.05, 3.63) is 0 Å². The molecule has 1 rings (SSSR count). The molecule has 1 aliphatic rings. The van der Waals surface area contributed by atoms with Crippen LogP contribution in [0, 0.1) is 17.8 Å². The Hall–Kier alpha value is -0.630. The molecule has 1 unspecified atom stereocenters. The fourth-order valence-electron chi connectivity index (χ4n) is 3.16. The topological polar surface area (TPSA) is 121 Å². The van der Waals surface area contributed by atoms with Crippen LogP contribution in [0.1, 0.15) is 52.9 Å². The summed E-state index contributed by atoms with van der Waals surface area (Å²) in [5, 5.41) is 27.6. The monoisotopic (exact) mass is 354 g/mol. The average Bonchev–Trinajstić information content (AvgIpc) is 2.36. The fraction of sp³-hybridized carbons (Fsp3) is 0.812. The van der Waals surface area contributed by atoms with Crippen LogP contribution in [0.25, 0.3) is 0 Å². The summed E-state index contributed by atoms with van der Waals surface area (Å²) in [4.78, 5) is 33.8. The van der Waals surface area contributed by atoms with E-state index in [0.717, 1.165) is 12.8 Å². The molecule has 7 nitrogen and oxygen atoms in total. The van der Waals surface area contributed by atoms with E-state index >= 15 is 0 Å². The van der Waals surface area contributed by atoms with Gasteiger partial charge in [0.15, 0.2) is 5.60 Å². The molecule has 0 aromatic heterocycles. The molecule has 0 aliphatic heterocycles. The van der Waals surface area contributed by atoms with Crippen molar-refractivity contribution in [1.29, 1.82) is 0 Å². The first-order valence-electron chi connectivity index (χ1n) is 7.92. The Kier molecular flexibility index (Phi) is 9.49. The third-order valence-electron chi connectivity index (χ3n) is 4.52. The van der Waals surface area contributed by atoms with Crippen LogP contribution in [-0.4, -0.2) is 74.5 Å². The number of carboxylic acid groups (broad SMARTS) is 2. The van der Waals surface area contributed by atoms with Gasteiger partial charge in [0, 0.05) is 0 Å². The second-order valence-corrected chi connectivity index (χ2v) is 6.94. The summed E-state index contributed by atoms with van der Waals surface area (Å²) in [6, 6.07) is 0. The molecule has 0 radical (unpaired) electrons. The molecule has 134 valence electrons. The Morgan fingerprint density at radius 1 is 1.17 bits per heavy atom. The van der Waals surface area contributed by atoms with Gasteiger partial charge in [0.05, 0.1) is 12.8 Å². The van der Waals surface area contributed by atoms with Crippen LogP contribution in [0.15, 0.2) is 0 Å². The van der Waals surface area contributed by atoms with Gasteiger partial charge >= 0.3 is 47.5 Å². The van der Waals surface area contributed by atoms with Crippen LogP contribution in [-0.2, 0) is 19.1 Å². The van der Waals surface area contributed by atoms with E-state index in [2.05, 4.69) is 6.92 Å². The number of hydrogen-bond acceptors (Lipinski definition) is 5. The van der Waals surface area contributed by atoms with E-state index in [4.69, 9.17) is 14.9 Å². The van der Waals surface area contributed by atoms with Gasteiger partial charge in [0.25, 0.3) is 0 Å². The summed E-state index contributed by atoms with van der Waals surface area (Å²) in [6.45, 7) is 6.15. The van der Waals surface area contributed by atoms with Gasteiger partial charge in [0.2, 0.25) is 0 Å². The van der Waals surface area contributed by atoms with E-state index in [9.17, 15) is 19.5 Å². The molecule has 0 saturated heterocycles. The second-order valence-electron chi connectivity index (χ2n) is 6.94. The standard InChI is InChI=1S/C16H26O7.Na.H/c1-9(2)11-5-4-10(3)6-12(11)23-14(19)8-16(22,15(20)21)7-13(17)18;;/h9-12,22H,4-8H2,1-3H3,(H,17,18)(H,20,21);;/t10-,11+,12-,16?;;/m1../s1. The van der Waals surface area contributed by atoms with Gasteiger partial charge in [-0.2, -0.15) is 0 Å². The molecule has 1 fully saturated rings. The third-order valence-corrected chi connectivity index (χ3v) is 4.52. The zero-order valence-electron chi connectivity index (χ0n) is 13.8. The van der Waals surface area contributed by atoms with Crippen molar-refractivity contribution in [1.82, 2.24) is 0 Å². The summed E-state index contributed by atoms with van der Waals surface area (Å²) in [5.74, 6) is -3.20. The molecular formula is C16H27NaO7. The zero-order chi connectivity index (χ0) is 17.8. The molecule has 1 saturated carbocycles. The number of ether oxygens (including phenoxy) is 1. The van der Waals surface area contributed by atoms with E-state index in [1.165, 1.54) is 0 Å². The number of carboxylic acids is 2. The number of esters is 1. The van der Waals surface area contributed by atoms with Crippen molar-refractivity contribution in [2.75, 3.05) is 0 Å². The first-order valence-corrected chi connectivity index (χ1v) is 7.92. The van der Waals surface area contributed by atoms with Crippen LogP contribution in [0.3, 0.4) is 0 Å². The summed E-state index contributed by atoms with van der Waals surface area (Å²) < 4.78 is 5.41. The molecule has 0 bridgehead atoms. The first kappa shape index (κ1) is 23.4. The van der Waals surface area contributed by atoms with Crippen molar-refractivity contribution in [3.63, 3.8) is 0 Å². The van der Waals surface area contributed by atoms with Gasteiger partial charge in [-0.25, -0.2) is 4.79 Å². The molecule has 0 heterocycles. The van der Waals surface area contributed by atoms with Gasteiger partial charge < -0.3 is 20.1 Å². The quantitative estimate of drug-likeness (QED) is 0.461. The number of rotatable bonds is 7. The molecule has 0 aromatic rings. The normalized spacial score (nSPS) is 26.1. The summed E-state index contributed by atoms with van der Waals surface area (Å²) >= 11 is 0. The molecule has 3 N–H and O–H groups in total. The average molecular weight is 354 g/mol. The molecule has 0 amide bonds. The first-order chi connectivity index (χ1) is 10.5. The SMILES string of the molecule is CC(C)[C@@H]1CC[C@@H](C)C[C@H]1OC(=O)CC(O)(CC(=O)O)C(=O)O.[NaH]. The van der Waals surface area contributed by atoms with Gasteiger partial charge in [-0.3, -0.25) is 9.59 Å². The predicted molar refractivity (Wildman–Crippen MR) is 87.8 cm³/mol. The van der Waals surface area contributed by atoms with Gasteiger partial charge in [-0.15, -0.1) is 0 Å². The Morgan fingerprint density at radius 2 is 1.75 bits per heavy atom. The van der Waals surface area contributed by atoms with Crippen LogP contribution < -0.4 is 0 Å². The van der Waals surface area contributed by atoms with E-state index in [0.29, 0.717) is 18.3 Å². The molecule has 1 aliphatic carbocycles. The van der Waals surface area contributed by atoms with Gasteiger partial charge in [0.1, 0.15) is 6.10 Å². The molecule has 8 heteroatoms. The van der Waals surface area contributed by atoms with Crippen molar-refractivity contribution in [2.45, 2.75) is 64.6 Å². The van der Waals surface area contributed by atoms with Crippen molar-refractivity contribution in [2.24, 2.45) is 17.8 Å². The Labute approximate surface area is 164 Å². The Bertz CT molecular complexity index is 465. The molecular weight excluding hydrogens is 327 g/mol. The Morgan fingerprint density at radius 3 is 2.21 bits per heavy atom. The van der Waals surface area contributed by atoms with E-state index in [1.807, 2.05) is 13.8 Å². The molecule has 0 spiro atoms. The maximum absolute atomic E-state index is 12.0. The van der Waals surface area contributed by atoms with Gasteiger partial charge in [-0.05, 0) is 30.6 Å². The Balaban J connectivity index is 0.00000529. The molecule has 0 aromatic carbocycles. The van der Waals surface area contributed by atoms with Gasteiger partial charge in [-0.1, -0.05) is 27.2 Å². The van der Waals surface area contributed by atoms with Crippen LogP contribution in [0.4, 0.5) is 0 Å². The summed E-state index contributed by atoms with van der Waals surface area (Å²) in [6.07, 6.45) is 0.425. The van der Waals surface area contributed by atoms with Crippen LogP contribution in [0.2, 0.25) is 0 Å². The van der Waals surface area contributed by atoms with E-state index in [1.54, 1.807) is 0 Å². The number of aliphatic carboxylic acids is 2.